The van der Waals surface area contributed by atoms with Crippen molar-refractivity contribution in [1.82, 2.24) is 14.7 Å². The van der Waals surface area contributed by atoms with Crippen molar-refractivity contribution in [1.29, 1.82) is 0 Å². The highest BCUT2D eigenvalue weighted by molar-refractivity contribution is 5.79. The van der Waals surface area contributed by atoms with E-state index in [0.717, 1.165) is 35.6 Å². The van der Waals surface area contributed by atoms with Crippen LogP contribution in [0, 0.1) is 19.8 Å². The highest BCUT2D eigenvalue weighted by atomic mass is 16.2. The minimum atomic E-state index is 0.192. The van der Waals surface area contributed by atoms with Crippen LogP contribution in [-0.2, 0) is 11.2 Å². The van der Waals surface area contributed by atoms with Gasteiger partial charge in [-0.05, 0) is 63.4 Å². The van der Waals surface area contributed by atoms with Gasteiger partial charge >= 0.3 is 0 Å². The molecule has 1 aromatic carbocycles. The highest BCUT2D eigenvalue weighted by Crippen LogP contribution is 2.23. The standard InChI is InChI=1S/C19H26N4O/c1-13-8-15(3)23(21-13)18-6-4-16(5-7-18)10-19(24)22-12-17(11-20)9-14(22)2/h4-8,14,17H,9-12,20H2,1-3H3. The first kappa shape index (κ1) is 16.7. The predicted molar refractivity (Wildman–Crippen MR) is 95.1 cm³/mol. The van der Waals surface area contributed by atoms with Crippen LogP contribution in [0.2, 0.25) is 0 Å². The van der Waals surface area contributed by atoms with Crippen molar-refractivity contribution in [3.63, 3.8) is 0 Å². The van der Waals surface area contributed by atoms with E-state index >= 15 is 0 Å². The second-order valence-electron chi connectivity index (χ2n) is 6.91. The Hall–Kier alpha value is -2.14. The molecule has 128 valence electrons. The molecule has 0 radical (unpaired) electrons. The molecule has 2 aromatic rings. The minimum absolute atomic E-state index is 0.192. The number of hydrogen-bond donors (Lipinski definition) is 1. The van der Waals surface area contributed by atoms with Gasteiger partial charge in [-0.15, -0.1) is 0 Å². The zero-order valence-electron chi connectivity index (χ0n) is 14.7. The van der Waals surface area contributed by atoms with Crippen molar-refractivity contribution in [2.45, 2.75) is 39.7 Å². The first-order valence-corrected chi connectivity index (χ1v) is 8.60. The van der Waals surface area contributed by atoms with E-state index in [0.29, 0.717) is 24.9 Å². The third-order valence-corrected chi connectivity index (χ3v) is 4.86. The molecule has 1 aromatic heterocycles. The molecule has 1 aliphatic rings. The summed E-state index contributed by atoms with van der Waals surface area (Å²) in [4.78, 5) is 14.5. The lowest BCUT2D eigenvalue weighted by molar-refractivity contribution is -0.131. The molecular weight excluding hydrogens is 300 g/mol. The lowest BCUT2D eigenvalue weighted by Crippen LogP contribution is -2.35. The summed E-state index contributed by atoms with van der Waals surface area (Å²) in [6, 6.07) is 10.4. The van der Waals surface area contributed by atoms with Gasteiger partial charge in [0, 0.05) is 18.3 Å². The van der Waals surface area contributed by atoms with Gasteiger partial charge in [-0.2, -0.15) is 5.10 Å². The molecule has 1 amide bonds. The summed E-state index contributed by atoms with van der Waals surface area (Å²) in [5.74, 6) is 0.634. The Labute approximate surface area is 143 Å². The maximum atomic E-state index is 12.6. The number of amides is 1. The summed E-state index contributed by atoms with van der Waals surface area (Å²) in [5, 5.41) is 4.49. The number of hydrogen-bond acceptors (Lipinski definition) is 3. The fraction of sp³-hybridized carbons (Fsp3) is 0.474. The van der Waals surface area contributed by atoms with Crippen LogP contribution in [0.1, 0.15) is 30.3 Å². The summed E-state index contributed by atoms with van der Waals surface area (Å²) >= 11 is 0. The molecule has 0 bridgehead atoms. The van der Waals surface area contributed by atoms with E-state index in [2.05, 4.69) is 18.1 Å². The van der Waals surface area contributed by atoms with Gasteiger partial charge < -0.3 is 10.6 Å². The molecule has 0 saturated carbocycles. The van der Waals surface area contributed by atoms with E-state index in [1.165, 1.54) is 0 Å². The number of aromatic nitrogens is 2. The zero-order chi connectivity index (χ0) is 17.3. The van der Waals surface area contributed by atoms with E-state index in [-0.39, 0.29) is 5.91 Å². The number of nitrogens with two attached hydrogens (primary N) is 1. The first-order valence-electron chi connectivity index (χ1n) is 8.60. The summed E-state index contributed by atoms with van der Waals surface area (Å²) in [6.07, 6.45) is 1.46. The van der Waals surface area contributed by atoms with Gasteiger partial charge in [-0.25, -0.2) is 4.68 Å². The van der Waals surface area contributed by atoms with E-state index in [1.807, 2.05) is 47.7 Å². The van der Waals surface area contributed by atoms with Crippen LogP contribution >= 0.6 is 0 Å². The quantitative estimate of drug-likeness (QED) is 0.937. The van der Waals surface area contributed by atoms with Crippen molar-refractivity contribution in [2.75, 3.05) is 13.1 Å². The molecule has 1 aliphatic heterocycles. The number of likely N-dealkylation sites (tertiary alicyclic amines) is 1. The number of benzene rings is 1. The Kier molecular flexibility index (Phi) is 4.71. The third kappa shape index (κ3) is 3.36. The summed E-state index contributed by atoms with van der Waals surface area (Å²) < 4.78 is 1.93. The summed E-state index contributed by atoms with van der Waals surface area (Å²) in [7, 11) is 0. The Balaban J connectivity index is 1.68. The van der Waals surface area contributed by atoms with Gasteiger partial charge in [0.1, 0.15) is 0 Å². The minimum Gasteiger partial charge on any atom is -0.339 e. The van der Waals surface area contributed by atoms with Crippen LogP contribution in [0.15, 0.2) is 30.3 Å². The number of rotatable bonds is 4. The van der Waals surface area contributed by atoms with Crippen molar-refractivity contribution >= 4 is 5.91 Å². The van der Waals surface area contributed by atoms with Gasteiger partial charge in [0.25, 0.3) is 0 Å². The average Bonchev–Trinajstić information content (AvgIpc) is 3.10. The average molecular weight is 326 g/mol. The maximum Gasteiger partial charge on any atom is 0.227 e. The molecule has 0 aliphatic carbocycles. The molecule has 2 N–H and O–H groups in total. The largest absolute Gasteiger partial charge is 0.339 e. The molecule has 1 saturated heterocycles. The molecule has 0 spiro atoms. The van der Waals surface area contributed by atoms with Gasteiger partial charge in [0.15, 0.2) is 0 Å². The monoisotopic (exact) mass is 326 g/mol. The Morgan fingerprint density at radius 1 is 1.29 bits per heavy atom. The van der Waals surface area contributed by atoms with Crippen LogP contribution in [0.5, 0.6) is 0 Å². The number of aryl methyl sites for hydroxylation is 2. The van der Waals surface area contributed by atoms with Gasteiger partial charge in [0.05, 0.1) is 17.8 Å². The molecule has 2 unspecified atom stereocenters. The fourth-order valence-corrected chi connectivity index (χ4v) is 3.58. The second kappa shape index (κ2) is 6.77. The molecule has 3 rings (SSSR count). The van der Waals surface area contributed by atoms with Crippen molar-refractivity contribution in [2.24, 2.45) is 11.7 Å². The Morgan fingerprint density at radius 3 is 2.54 bits per heavy atom. The molecular formula is C19H26N4O. The number of carbonyl (C=O) groups is 1. The van der Waals surface area contributed by atoms with Crippen LogP contribution in [0.25, 0.3) is 5.69 Å². The fourth-order valence-electron chi connectivity index (χ4n) is 3.58. The molecule has 5 nitrogen and oxygen atoms in total. The summed E-state index contributed by atoms with van der Waals surface area (Å²) in [5.41, 5.74) is 9.92. The van der Waals surface area contributed by atoms with Gasteiger partial charge in [-0.3, -0.25) is 4.79 Å². The molecule has 2 atom stereocenters. The van der Waals surface area contributed by atoms with Crippen molar-refractivity contribution in [3.05, 3.63) is 47.3 Å². The maximum absolute atomic E-state index is 12.6. The molecule has 1 fully saturated rings. The number of carbonyl (C=O) groups excluding carboxylic acids is 1. The van der Waals surface area contributed by atoms with Gasteiger partial charge in [0.2, 0.25) is 5.91 Å². The van der Waals surface area contributed by atoms with Crippen LogP contribution < -0.4 is 5.73 Å². The van der Waals surface area contributed by atoms with E-state index in [4.69, 9.17) is 5.73 Å². The van der Waals surface area contributed by atoms with E-state index in [1.54, 1.807) is 0 Å². The third-order valence-electron chi connectivity index (χ3n) is 4.86. The van der Waals surface area contributed by atoms with Crippen molar-refractivity contribution < 1.29 is 4.79 Å². The normalized spacial score (nSPS) is 20.6. The second-order valence-corrected chi connectivity index (χ2v) is 6.91. The molecule has 2 heterocycles. The lowest BCUT2D eigenvalue weighted by Gasteiger charge is -2.21. The topological polar surface area (TPSA) is 64.2 Å². The smallest absolute Gasteiger partial charge is 0.227 e. The Bertz CT molecular complexity index is 719. The first-order chi connectivity index (χ1) is 11.5. The van der Waals surface area contributed by atoms with Crippen molar-refractivity contribution in [3.8, 4) is 5.69 Å². The lowest BCUT2D eigenvalue weighted by atomic mass is 10.1. The van der Waals surface area contributed by atoms with Crippen LogP contribution in [0.4, 0.5) is 0 Å². The van der Waals surface area contributed by atoms with Gasteiger partial charge in [-0.1, -0.05) is 12.1 Å². The highest BCUT2D eigenvalue weighted by Gasteiger charge is 2.31. The van der Waals surface area contributed by atoms with Crippen LogP contribution in [0.3, 0.4) is 0 Å². The van der Waals surface area contributed by atoms with E-state index in [9.17, 15) is 4.79 Å². The summed E-state index contributed by atoms with van der Waals surface area (Å²) in [6.45, 7) is 7.59. The molecule has 5 heteroatoms. The SMILES string of the molecule is Cc1cc(C)n(-c2ccc(CC(=O)N3CC(CN)CC3C)cc2)n1. The molecule has 24 heavy (non-hydrogen) atoms. The predicted octanol–water partition coefficient (Wildman–Crippen LogP) is 2.23. The zero-order valence-corrected chi connectivity index (χ0v) is 14.7. The number of nitrogens with zero attached hydrogens (tertiary/aromatic N) is 3. The van der Waals surface area contributed by atoms with E-state index < -0.39 is 0 Å². The van der Waals surface area contributed by atoms with Crippen LogP contribution in [-0.4, -0.2) is 39.7 Å². The Morgan fingerprint density at radius 2 is 2.00 bits per heavy atom.